The summed E-state index contributed by atoms with van der Waals surface area (Å²) in [5, 5.41) is 9.05. The fourth-order valence-electron chi connectivity index (χ4n) is 2.30. The molecule has 3 heterocycles. The van der Waals surface area contributed by atoms with Gasteiger partial charge in [-0.2, -0.15) is 13.2 Å². The number of halogens is 3. The van der Waals surface area contributed by atoms with Gasteiger partial charge in [-0.25, -0.2) is 15.0 Å². The van der Waals surface area contributed by atoms with E-state index in [-0.39, 0.29) is 29.7 Å². The van der Waals surface area contributed by atoms with E-state index in [9.17, 15) is 13.2 Å². The van der Waals surface area contributed by atoms with E-state index >= 15 is 0 Å². The van der Waals surface area contributed by atoms with E-state index in [4.69, 9.17) is 15.6 Å². The first kappa shape index (κ1) is 14.0. The van der Waals surface area contributed by atoms with Crippen molar-refractivity contribution in [2.45, 2.75) is 31.3 Å². The van der Waals surface area contributed by atoms with E-state index in [1.54, 1.807) is 0 Å². The Kier molecular flexibility index (Phi) is 3.21. The van der Waals surface area contributed by atoms with E-state index in [1.165, 1.54) is 10.9 Å². The van der Waals surface area contributed by atoms with Crippen LogP contribution in [0, 0.1) is 0 Å². The largest absolute Gasteiger partial charge is 0.451 e. The lowest BCUT2D eigenvalue weighted by atomic mass is 10.2. The van der Waals surface area contributed by atoms with Crippen LogP contribution in [0.15, 0.2) is 6.33 Å². The molecule has 1 saturated heterocycles. The van der Waals surface area contributed by atoms with Crippen molar-refractivity contribution >= 4 is 17.0 Å². The topological polar surface area (TPSA) is 99.1 Å². The van der Waals surface area contributed by atoms with Gasteiger partial charge in [0.15, 0.2) is 11.5 Å². The van der Waals surface area contributed by atoms with E-state index < -0.39 is 18.2 Å². The lowest BCUT2D eigenvalue weighted by Crippen LogP contribution is -2.16. The monoisotopic (exact) mass is 303 g/mol. The van der Waals surface area contributed by atoms with Crippen molar-refractivity contribution in [2.24, 2.45) is 0 Å². The van der Waals surface area contributed by atoms with Gasteiger partial charge in [0, 0.05) is 0 Å². The number of anilines is 1. The van der Waals surface area contributed by atoms with Crippen LogP contribution in [0.5, 0.6) is 0 Å². The minimum absolute atomic E-state index is 0.0292. The number of aliphatic hydroxyl groups is 1. The van der Waals surface area contributed by atoms with Gasteiger partial charge in [-0.05, 0) is 12.8 Å². The molecule has 0 radical (unpaired) electrons. The van der Waals surface area contributed by atoms with Crippen molar-refractivity contribution in [3.05, 3.63) is 12.2 Å². The molecule has 1 fully saturated rings. The number of hydrogen-bond acceptors (Lipinski definition) is 6. The highest BCUT2D eigenvalue weighted by Gasteiger charge is 2.36. The molecule has 3 N–H and O–H groups in total. The summed E-state index contributed by atoms with van der Waals surface area (Å²) in [5.41, 5.74) is 5.58. The van der Waals surface area contributed by atoms with Gasteiger partial charge in [0.05, 0.1) is 19.0 Å². The second-order valence-corrected chi connectivity index (χ2v) is 4.73. The van der Waals surface area contributed by atoms with E-state index in [2.05, 4.69) is 15.0 Å². The SMILES string of the molecule is Nc1nc(C(F)(F)F)nc2c1ncn2C1CCC(CO)O1. The summed E-state index contributed by atoms with van der Waals surface area (Å²) >= 11 is 0. The third kappa shape index (κ3) is 2.40. The first-order valence-electron chi connectivity index (χ1n) is 6.23. The number of rotatable bonds is 2. The van der Waals surface area contributed by atoms with Gasteiger partial charge in [-0.1, -0.05) is 0 Å². The number of fused-ring (bicyclic) bond motifs is 1. The lowest BCUT2D eigenvalue weighted by Gasteiger charge is -2.14. The number of hydrogen-bond donors (Lipinski definition) is 2. The third-order valence-electron chi connectivity index (χ3n) is 3.30. The average molecular weight is 303 g/mol. The molecule has 0 aromatic carbocycles. The predicted octanol–water partition coefficient (Wildman–Crippen LogP) is 1.10. The second kappa shape index (κ2) is 4.81. The zero-order chi connectivity index (χ0) is 15.2. The summed E-state index contributed by atoms with van der Waals surface area (Å²) in [6.07, 6.45) is -3.09. The highest BCUT2D eigenvalue weighted by atomic mass is 19.4. The maximum atomic E-state index is 12.8. The van der Waals surface area contributed by atoms with Crippen molar-refractivity contribution in [1.82, 2.24) is 19.5 Å². The maximum absolute atomic E-state index is 12.8. The Labute approximate surface area is 116 Å². The summed E-state index contributed by atoms with van der Waals surface area (Å²) in [5.74, 6) is -1.64. The van der Waals surface area contributed by atoms with Gasteiger partial charge in [0.2, 0.25) is 5.82 Å². The normalized spacial score (nSPS) is 23.0. The predicted molar refractivity (Wildman–Crippen MR) is 65.0 cm³/mol. The maximum Gasteiger partial charge on any atom is 0.451 e. The van der Waals surface area contributed by atoms with Crippen LogP contribution in [0.1, 0.15) is 24.9 Å². The van der Waals surface area contributed by atoms with Crippen LogP contribution >= 0.6 is 0 Å². The summed E-state index contributed by atoms with van der Waals surface area (Å²) in [4.78, 5) is 10.7. The Bertz CT molecular complexity index is 672. The van der Waals surface area contributed by atoms with Crippen molar-refractivity contribution in [2.75, 3.05) is 12.3 Å². The van der Waals surface area contributed by atoms with Crippen LogP contribution in [-0.4, -0.2) is 37.3 Å². The molecule has 2 atom stereocenters. The van der Waals surface area contributed by atoms with E-state index in [0.29, 0.717) is 12.8 Å². The molecule has 0 aliphatic carbocycles. The van der Waals surface area contributed by atoms with Crippen molar-refractivity contribution in [1.29, 1.82) is 0 Å². The minimum atomic E-state index is -4.69. The van der Waals surface area contributed by atoms with Crippen molar-refractivity contribution in [3.63, 3.8) is 0 Å². The molecule has 0 amide bonds. The van der Waals surface area contributed by atoms with Crippen LogP contribution < -0.4 is 5.73 Å². The second-order valence-electron chi connectivity index (χ2n) is 4.73. The molecule has 114 valence electrons. The summed E-state index contributed by atoms with van der Waals surface area (Å²) in [7, 11) is 0. The minimum Gasteiger partial charge on any atom is -0.394 e. The van der Waals surface area contributed by atoms with Gasteiger partial charge in [0.1, 0.15) is 11.7 Å². The smallest absolute Gasteiger partial charge is 0.394 e. The fourth-order valence-corrected chi connectivity index (χ4v) is 2.30. The molecule has 0 bridgehead atoms. The highest BCUT2D eigenvalue weighted by molar-refractivity contribution is 5.81. The van der Waals surface area contributed by atoms with Gasteiger partial charge in [-0.15, -0.1) is 0 Å². The molecule has 2 unspecified atom stereocenters. The molecule has 1 aliphatic heterocycles. The zero-order valence-corrected chi connectivity index (χ0v) is 10.7. The third-order valence-corrected chi connectivity index (χ3v) is 3.30. The lowest BCUT2D eigenvalue weighted by molar-refractivity contribution is -0.144. The fraction of sp³-hybridized carbons (Fsp3) is 0.545. The molecular formula is C11H12F3N5O2. The first-order valence-corrected chi connectivity index (χ1v) is 6.23. The molecule has 0 saturated carbocycles. The first-order chi connectivity index (χ1) is 9.90. The van der Waals surface area contributed by atoms with Gasteiger partial charge in [0.25, 0.3) is 0 Å². The quantitative estimate of drug-likeness (QED) is 0.862. The number of nitrogens with two attached hydrogens (primary N) is 1. The summed E-state index contributed by atoms with van der Waals surface area (Å²) in [6.45, 7) is -0.145. The van der Waals surface area contributed by atoms with Crippen LogP contribution in [0.25, 0.3) is 11.2 Å². The molecule has 1 aliphatic rings. The van der Waals surface area contributed by atoms with Crippen LogP contribution in [0.4, 0.5) is 19.0 Å². The van der Waals surface area contributed by atoms with Crippen LogP contribution in [-0.2, 0) is 10.9 Å². The number of aromatic nitrogens is 4. The molecular weight excluding hydrogens is 291 g/mol. The number of ether oxygens (including phenoxy) is 1. The van der Waals surface area contributed by atoms with E-state index in [0.717, 1.165) is 0 Å². The Morgan fingerprint density at radius 3 is 2.76 bits per heavy atom. The molecule has 2 aromatic heterocycles. The molecule has 7 nitrogen and oxygen atoms in total. The number of nitrogen functional groups attached to an aromatic ring is 1. The van der Waals surface area contributed by atoms with Gasteiger partial charge < -0.3 is 15.6 Å². The van der Waals surface area contributed by atoms with E-state index in [1.807, 2.05) is 0 Å². The molecule has 0 spiro atoms. The van der Waals surface area contributed by atoms with Crippen molar-refractivity contribution < 1.29 is 23.0 Å². The average Bonchev–Trinajstić information content (AvgIpc) is 3.03. The van der Waals surface area contributed by atoms with Gasteiger partial charge in [-0.3, -0.25) is 4.57 Å². The standard InChI is InChI=1S/C11H12F3N5O2/c12-11(13,14)10-17-8(15)7-9(18-10)19(4-16-7)6-2-1-5(3-20)21-6/h4-6,20H,1-3H2,(H2,15,17,18). The number of alkyl halides is 3. The Hall–Kier alpha value is -1.94. The number of imidazole rings is 1. The Morgan fingerprint density at radius 2 is 2.14 bits per heavy atom. The highest BCUT2D eigenvalue weighted by Crippen LogP contribution is 2.33. The Morgan fingerprint density at radius 1 is 1.38 bits per heavy atom. The Balaban J connectivity index is 2.06. The number of nitrogens with zero attached hydrogens (tertiary/aromatic N) is 4. The van der Waals surface area contributed by atoms with Crippen molar-refractivity contribution in [3.8, 4) is 0 Å². The molecule has 3 rings (SSSR count). The van der Waals surface area contributed by atoms with Crippen LogP contribution in [0.2, 0.25) is 0 Å². The summed E-state index contributed by atoms with van der Waals surface area (Å²) < 4.78 is 45.2. The molecule has 2 aromatic rings. The zero-order valence-electron chi connectivity index (χ0n) is 10.7. The number of aliphatic hydroxyl groups excluding tert-OH is 1. The molecule has 21 heavy (non-hydrogen) atoms. The molecule has 10 heteroatoms. The van der Waals surface area contributed by atoms with Crippen LogP contribution in [0.3, 0.4) is 0 Å². The van der Waals surface area contributed by atoms with Gasteiger partial charge >= 0.3 is 6.18 Å². The summed E-state index contributed by atoms with van der Waals surface area (Å²) in [6, 6.07) is 0.